The smallest absolute Gasteiger partial charge is 0.293 e. The van der Waals surface area contributed by atoms with Crippen LogP contribution in [0.15, 0.2) is 18.2 Å². The van der Waals surface area contributed by atoms with Gasteiger partial charge in [-0.2, -0.15) is 0 Å². The molecule has 150 valence electrons. The molecule has 1 amide bonds. The molecule has 1 N–H and O–H groups in total. The van der Waals surface area contributed by atoms with E-state index in [1.165, 1.54) is 6.07 Å². The first-order chi connectivity index (χ1) is 13.3. The molecule has 1 aliphatic rings. The van der Waals surface area contributed by atoms with Crippen molar-refractivity contribution in [1.29, 1.82) is 0 Å². The Labute approximate surface area is 168 Å². The quantitative estimate of drug-likeness (QED) is 0.592. The number of thiazole rings is 1. The molecule has 1 aromatic carbocycles. The first-order valence-electron chi connectivity index (χ1n) is 9.54. The number of nitro groups is 1. The van der Waals surface area contributed by atoms with Gasteiger partial charge in [0.1, 0.15) is 5.69 Å². The molecule has 1 saturated heterocycles. The minimum Gasteiger partial charge on any atom is -0.366 e. The van der Waals surface area contributed by atoms with Gasteiger partial charge in [0.2, 0.25) is 0 Å². The summed E-state index contributed by atoms with van der Waals surface area (Å²) in [5, 5.41) is 15.5. The zero-order valence-corrected chi connectivity index (χ0v) is 17.5. The van der Waals surface area contributed by atoms with Crippen LogP contribution < -0.4 is 10.2 Å². The molecule has 3 rings (SSSR count). The Morgan fingerprint density at radius 1 is 1.43 bits per heavy atom. The third-order valence-corrected chi connectivity index (χ3v) is 6.37. The average Bonchev–Trinajstić information content (AvgIpc) is 2.99. The van der Waals surface area contributed by atoms with E-state index in [1.54, 1.807) is 23.5 Å². The van der Waals surface area contributed by atoms with Crippen molar-refractivity contribution >= 4 is 28.6 Å². The van der Waals surface area contributed by atoms with Crippen LogP contribution in [-0.4, -0.2) is 28.9 Å². The SMILES string of the molecule is Cc1nc(C)c([C@@H](C)NC(=O)c2ccc(N3CCC[C@@H](C)C3)c([N+](=O)[O-])c2)s1. The molecule has 1 aliphatic heterocycles. The molecule has 7 nitrogen and oxygen atoms in total. The molecular formula is C20H26N4O3S. The van der Waals surface area contributed by atoms with Gasteiger partial charge in [0, 0.05) is 29.6 Å². The second kappa shape index (κ2) is 8.26. The molecule has 1 fully saturated rings. The number of piperidine rings is 1. The van der Waals surface area contributed by atoms with Crippen molar-refractivity contribution in [3.63, 3.8) is 0 Å². The van der Waals surface area contributed by atoms with Crippen LogP contribution in [0, 0.1) is 29.9 Å². The van der Waals surface area contributed by atoms with Crippen LogP contribution in [0.4, 0.5) is 11.4 Å². The van der Waals surface area contributed by atoms with Crippen molar-refractivity contribution in [2.75, 3.05) is 18.0 Å². The fraction of sp³-hybridized carbons (Fsp3) is 0.500. The lowest BCUT2D eigenvalue weighted by Gasteiger charge is -2.32. The van der Waals surface area contributed by atoms with Crippen molar-refractivity contribution in [3.05, 3.63) is 49.5 Å². The summed E-state index contributed by atoms with van der Waals surface area (Å²) < 4.78 is 0. The predicted octanol–water partition coefficient (Wildman–Crippen LogP) is 4.40. The maximum Gasteiger partial charge on any atom is 0.293 e. The van der Waals surface area contributed by atoms with Crippen LogP contribution in [0.1, 0.15) is 58.7 Å². The van der Waals surface area contributed by atoms with Gasteiger partial charge in [-0.1, -0.05) is 6.92 Å². The van der Waals surface area contributed by atoms with Gasteiger partial charge in [0.15, 0.2) is 0 Å². The van der Waals surface area contributed by atoms with E-state index in [-0.39, 0.29) is 17.6 Å². The third-order valence-electron chi connectivity index (χ3n) is 5.11. The second-order valence-electron chi connectivity index (χ2n) is 7.53. The highest BCUT2D eigenvalue weighted by atomic mass is 32.1. The number of aryl methyl sites for hydroxylation is 2. The van der Waals surface area contributed by atoms with Crippen molar-refractivity contribution < 1.29 is 9.72 Å². The van der Waals surface area contributed by atoms with Gasteiger partial charge >= 0.3 is 0 Å². The average molecular weight is 403 g/mol. The number of carbonyl (C=O) groups excluding carboxylic acids is 1. The number of rotatable bonds is 5. The lowest BCUT2D eigenvalue weighted by molar-refractivity contribution is -0.384. The second-order valence-corrected chi connectivity index (χ2v) is 8.77. The van der Waals surface area contributed by atoms with E-state index in [9.17, 15) is 14.9 Å². The number of benzene rings is 1. The van der Waals surface area contributed by atoms with E-state index >= 15 is 0 Å². The number of hydrogen-bond acceptors (Lipinski definition) is 6. The molecule has 1 aromatic heterocycles. The van der Waals surface area contributed by atoms with E-state index in [2.05, 4.69) is 22.1 Å². The number of nitrogens with one attached hydrogen (secondary N) is 1. The molecule has 0 radical (unpaired) electrons. The number of anilines is 1. The molecule has 0 bridgehead atoms. The van der Waals surface area contributed by atoms with Gasteiger partial charge in [-0.3, -0.25) is 14.9 Å². The number of nitrogens with zero attached hydrogens (tertiary/aromatic N) is 3. The van der Waals surface area contributed by atoms with Gasteiger partial charge in [0.05, 0.1) is 21.7 Å². The maximum atomic E-state index is 12.7. The molecule has 8 heteroatoms. The summed E-state index contributed by atoms with van der Waals surface area (Å²) >= 11 is 1.55. The summed E-state index contributed by atoms with van der Waals surface area (Å²) in [5.41, 5.74) is 1.77. The van der Waals surface area contributed by atoms with Gasteiger partial charge in [-0.05, 0) is 51.7 Å². The van der Waals surface area contributed by atoms with Crippen molar-refractivity contribution in [2.24, 2.45) is 5.92 Å². The van der Waals surface area contributed by atoms with Gasteiger partial charge in [0.25, 0.3) is 11.6 Å². The van der Waals surface area contributed by atoms with Crippen LogP contribution in [0.3, 0.4) is 0 Å². The molecule has 2 heterocycles. The molecular weight excluding hydrogens is 376 g/mol. The summed E-state index contributed by atoms with van der Waals surface area (Å²) in [6.45, 7) is 9.51. The normalized spacial score (nSPS) is 18.0. The number of amides is 1. The molecule has 2 aromatic rings. The number of carbonyl (C=O) groups is 1. The predicted molar refractivity (Wildman–Crippen MR) is 111 cm³/mol. The fourth-order valence-corrected chi connectivity index (χ4v) is 4.71. The Kier molecular flexibility index (Phi) is 5.98. The van der Waals surface area contributed by atoms with E-state index in [4.69, 9.17) is 0 Å². The summed E-state index contributed by atoms with van der Waals surface area (Å²) in [6.07, 6.45) is 2.16. The van der Waals surface area contributed by atoms with E-state index in [0.717, 1.165) is 41.5 Å². The van der Waals surface area contributed by atoms with E-state index in [1.807, 2.05) is 20.8 Å². The standard InChI is InChI=1S/C20H26N4O3S/c1-12-6-5-9-23(11-12)17-8-7-16(10-18(17)24(26)27)20(25)22-14(3)19-13(2)21-15(4)28-19/h7-8,10,12,14H,5-6,9,11H2,1-4H3,(H,22,25)/t12-,14-/m1/s1. The third kappa shape index (κ3) is 4.32. The van der Waals surface area contributed by atoms with Gasteiger partial charge in [-0.25, -0.2) is 4.98 Å². The molecule has 0 spiro atoms. The van der Waals surface area contributed by atoms with Crippen LogP contribution in [0.2, 0.25) is 0 Å². The van der Waals surface area contributed by atoms with Gasteiger partial charge in [-0.15, -0.1) is 11.3 Å². The Balaban J connectivity index is 1.82. The Hall–Kier alpha value is -2.48. The van der Waals surface area contributed by atoms with Crippen molar-refractivity contribution in [3.8, 4) is 0 Å². The highest BCUT2D eigenvalue weighted by molar-refractivity contribution is 7.11. The Bertz CT molecular complexity index is 896. The van der Waals surface area contributed by atoms with E-state index < -0.39 is 4.92 Å². The zero-order valence-electron chi connectivity index (χ0n) is 16.7. The maximum absolute atomic E-state index is 12.7. The summed E-state index contributed by atoms with van der Waals surface area (Å²) in [5.74, 6) is 0.183. The van der Waals surface area contributed by atoms with Crippen molar-refractivity contribution in [1.82, 2.24) is 10.3 Å². The minimum absolute atomic E-state index is 0.0146. The lowest BCUT2D eigenvalue weighted by atomic mass is 9.99. The van der Waals surface area contributed by atoms with Crippen molar-refractivity contribution in [2.45, 2.75) is 46.6 Å². The summed E-state index contributed by atoms with van der Waals surface area (Å²) in [6, 6.07) is 4.56. The monoisotopic (exact) mass is 402 g/mol. The Morgan fingerprint density at radius 2 is 2.18 bits per heavy atom. The first kappa shape index (κ1) is 20.3. The van der Waals surface area contributed by atoms with Crippen LogP contribution >= 0.6 is 11.3 Å². The van der Waals surface area contributed by atoms with Crippen LogP contribution in [0.25, 0.3) is 0 Å². The number of nitro benzene ring substituents is 1. The lowest BCUT2D eigenvalue weighted by Crippen LogP contribution is -2.34. The minimum atomic E-state index is -0.397. The number of hydrogen-bond donors (Lipinski definition) is 1. The van der Waals surface area contributed by atoms with Crippen LogP contribution in [0.5, 0.6) is 0 Å². The fourth-order valence-electron chi connectivity index (χ4n) is 3.78. The summed E-state index contributed by atoms with van der Waals surface area (Å²) in [4.78, 5) is 31.4. The highest BCUT2D eigenvalue weighted by Gasteiger charge is 2.26. The van der Waals surface area contributed by atoms with E-state index in [0.29, 0.717) is 17.2 Å². The van der Waals surface area contributed by atoms with Gasteiger partial charge < -0.3 is 10.2 Å². The zero-order chi connectivity index (χ0) is 20.4. The molecule has 28 heavy (non-hydrogen) atoms. The first-order valence-corrected chi connectivity index (χ1v) is 10.4. The molecule has 0 aliphatic carbocycles. The molecule has 0 unspecified atom stereocenters. The molecule has 0 saturated carbocycles. The van der Waals surface area contributed by atoms with Crippen LogP contribution in [-0.2, 0) is 0 Å². The molecule has 2 atom stereocenters. The Morgan fingerprint density at radius 3 is 2.79 bits per heavy atom. The summed E-state index contributed by atoms with van der Waals surface area (Å²) in [7, 11) is 0. The number of aromatic nitrogens is 1. The topological polar surface area (TPSA) is 88.4 Å². The largest absolute Gasteiger partial charge is 0.366 e. The highest BCUT2D eigenvalue weighted by Crippen LogP contribution is 2.33.